The highest BCUT2D eigenvalue weighted by Crippen LogP contribution is 2.29. The SMILES string of the molecule is Cc1cccc(NC(=O)COC(=O)c2c3c(nc4ccccc24)CCN(Cc2ccccc2)C3)c1C. The molecule has 6 nitrogen and oxygen atoms in total. The van der Waals surface area contributed by atoms with Gasteiger partial charge in [-0.3, -0.25) is 14.7 Å². The van der Waals surface area contributed by atoms with Crippen LogP contribution in [-0.4, -0.2) is 34.9 Å². The summed E-state index contributed by atoms with van der Waals surface area (Å²) < 4.78 is 5.56. The molecule has 0 radical (unpaired) electrons. The molecule has 0 fully saturated rings. The number of anilines is 1. The quantitative estimate of drug-likeness (QED) is 0.385. The number of hydrogen-bond acceptors (Lipinski definition) is 5. The molecule has 1 N–H and O–H groups in total. The third-order valence-corrected chi connectivity index (χ3v) is 6.79. The second-order valence-corrected chi connectivity index (χ2v) is 9.25. The molecule has 2 heterocycles. The summed E-state index contributed by atoms with van der Waals surface area (Å²) in [5.74, 6) is -0.863. The molecule has 3 aromatic carbocycles. The molecule has 1 amide bonds. The Morgan fingerprint density at radius 1 is 0.972 bits per heavy atom. The highest BCUT2D eigenvalue weighted by molar-refractivity contribution is 6.06. The van der Waals surface area contributed by atoms with E-state index < -0.39 is 5.97 Å². The number of pyridine rings is 1. The molecule has 0 unspecified atom stereocenters. The van der Waals surface area contributed by atoms with Crippen molar-refractivity contribution in [2.24, 2.45) is 0 Å². The number of aromatic nitrogens is 1. The standard InChI is InChI=1S/C30H29N3O3/c1-20-9-8-14-25(21(20)2)32-28(34)19-36-30(35)29-23-12-6-7-13-26(23)31-27-15-16-33(18-24(27)29)17-22-10-4-3-5-11-22/h3-14H,15-19H2,1-2H3,(H,32,34). The van der Waals surface area contributed by atoms with Crippen LogP contribution in [0.3, 0.4) is 0 Å². The van der Waals surface area contributed by atoms with Gasteiger partial charge in [0.05, 0.1) is 11.1 Å². The van der Waals surface area contributed by atoms with Crippen molar-refractivity contribution in [1.82, 2.24) is 9.88 Å². The van der Waals surface area contributed by atoms with Crippen molar-refractivity contribution >= 4 is 28.5 Å². The number of amides is 1. The fourth-order valence-electron chi connectivity index (χ4n) is 4.73. The van der Waals surface area contributed by atoms with Gasteiger partial charge in [0, 0.05) is 48.4 Å². The van der Waals surface area contributed by atoms with Gasteiger partial charge < -0.3 is 10.1 Å². The van der Waals surface area contributed by atoms with E-state index in [4.69, 9.17) is 9.72 Å². The molecule has 0 aliphatic carbocycles. The molecule has 1 aromatic heterocycles. The van der Waals surface area contributed by atoms with Crippen LogP contribution in [0.5, 0.6) is 0 Å². The van der Waals surface area contributed by atoms with E-state index in [1.54, 1.807) is 0 Å². The summed E-state index contributed by atoms with van der Waals surface area (Å²) >= 11 is 0. The van der Waals surface area contributed by atoms with Gasteiger partial charge in [-0.15, -0.1) is 0 Å². The molecule has 4 aromatic rings. The number of carbonyl (C=O) groups excluding carboxylic acids is 2. The first-order valence-electron chi connectivity index (χ1n) is 12.2. The number of esters is 1. The topological polar surface area (TPSA) is 71.5 Å². The Morgan fingerprint density at radius 2 is 1.75 bits per heavy atom. The lowest BCUT2D eigenvalue weighted by molar-refractivity contribution is -0.119. The lowest BCUT2D eigenvalue weighted by Crippen LogP contribution is -2.32. The number of nitrogens with one attached hydrogen (secondary N) is 1. The lowest BCUT2D eigenvalue weighted by atomic mass is 9.95. The van der Waals surface area contributed by atoms with Crippen LogP contribution in [0.2, 0.25) is 0 Å². The maximum atomic E-state index is 13.4. The number of fused-ring (bicyclic) bond motifs is 2. The summed E-state index contributed by atoms with van der Waals surface area (Å²) in [7, 11) is 0. The fourth-order valence-corrected chi connectivity index (χ4v) is 4.73. The van der Waals surface area contributed by atoms with E-state index in [0.717, 1.165) is 58.5 Å². The highest BCUT2D eigenvalue weighted by Gasteiger charge is 2.27. The van der Waals surface area contributed by atoms with Crippen molar-refractivity contribution in [3.63, 3.8) is 0 Å². The Bertz CT molecular complexity index is 1430. The molecular formula is C30H29N3O3. The summed E-state index contributed by atoms with van der Waals surface area (Å²) in [6, 6.07) is 23.6. The van der Waals surface area contributed by atoms with E-state index in [9.17, 15) is 9.59 Å². The van der Waals surface area contributed by atoms with Crippen LogP contribution in [0.15, 0.2) is 72.8 Å². The molecule has 0 bridgehead atoms. The highest BCUT2D eigenvalue weighted by atomic mass is 16.5. The maximum absolute atomic E-state index is 13.4. The van der Waals surface area contributed by atoms with Crippen LogP contribution in [0.1, 0.15) is 38.3 Å². The summed E-state index contributed by atoms with van der Waals surface area (Å²) in [6.07, 6.45) is 0.750. The van der Waals surface area contributed by atoms with E-state index in [1.165, 1.54) is 5.56 Å². The van der Waals surface area contributed by atoms with Crippen molar-refractivity contribution in [2.45, 2.75) is 33.4 Å². The summed E-state index contributed by atoms with van der Waals surface area (Å²) in [5, 5.41) is 3.60. The Balaban J connectivity index is 1.38. The largest absolute Gasteiger partial charge is 0.452 e. The van der Waals surface area contributed by atoms with E-state index in [1.807, 2.05) is 74.5 Å². The Hall–Kier alpha value is -4.03. The summed E-state index contributed by atoms with van der Waals surface area (Å²) in [6.45, 7) is 5.84. The van der Waals surface area contributed by atoms with Crippen LogP contribution in [0.4, 0.5) is 5.69 Å². The first kappa shape index (κ1) is 23.7. The zero-order valence-corrected chi connectivity index (χ0v) is 20.6. The number of benzene rings is 3. The van der Waals surface area contributed by atoms with Gasteiger partial charge >= 0.3 is 5.97 Å². The fraction of sp³-hybridized carbons (Fsp3) is 0.233. The summed E-state index contributed by atoms with van der Waals surface area (Å²) in [5.41, 5.74) is 7.10. The molecule has 1 aliphatic rings. The van der Waals surface area contributed by atoms with Gasteiger partial charge in [0.15, 0.2) is 6.61 Å². The minimum absolute atomic E-state index is 0.356. The van der Waals surface area contributed by atoms with Crippen LogP contribution >= 0.6 is 0 Å². The van der Waals surface area contributed by atoms with Crippen LogP contribution in [0, 0.1) is 13.8 Å². The van der Waals surface area contributed by atoms with Gasteiger partial charge in [-0.05, 0) is 42.7 Å². The predicted molar refractivity (Wildman–Crippen MR) is 141 cm³/mol. The van der Waals surface area contributed by atoms with Crippen molar-refractivity contribution in [3.05, 3.63) is 106 Å². The monoisotopic (exact) mass is 479 g/mol. The number of rotatable bonds is 6. The first-order chi connectivity index (χ1) is 17.5. The number of para-hydroxylation sites is 1. The first-order valence-corrected chi connectivity index (χ1v) is 12.2. The minimum Gasteiger partial charge on any atom is -0.452 e. The molecule has 5 rings (SSSR count). The summed E-state index contributed by atoms with van der Waals surface area (Å²) in [4.78, 5) is 33.2. The molecule has 1 aliphatic heterocycles. The minimum atomic E-state index is -0.498. The number of aryl methyl sites for hydroxylation is 1. The number of hydrogen-bond donors (Lipinski definition) is 1. The molecular weight excluding hydrogens is 450 g/mol. The molecule has 0 atom stereocenters. The molecule has 0 saturated heterocycles. The molecule has 182 valence electrons. The van der Waals surface area contributed by atoms with E-state index >= 15 is 0 Å². The second kappa shape index (κ2) is 10.3. The number of carbonyl (C=O) groups is 2. The van der Waals surface area contributed by atoms with Gasteiger partial charge in [0.2, 0.25) is 0 Å². The smallest absolute Gasteiger partial charge is 0.339 e. The maximum Gasteiger partial charge on any atom is 0.339 e. The van der Waals surface area contributed by atoms with Crippen LogP contribution < -0.4 is 5.32 Å². The van der Waals surface area contributed by atoms with Gasteiger partial charge in [-0.25, -0.2) is 4.79 Å². The van der Waals surface area contributed by atoms with Gasteiger partial charge in [0.25, 0.3) is 5.91 Å². The van der Waals surface area contributed by atoms with Crippen molar-refractivity contribution in [2.75, 3.05) is 18.5 Å². The lowest BCUT2D eigenvalue weighted by Gasteiger charge is -2.30. The molecule has 6 heteroatoms. The second-order valence-electron chi connectivity index (χ2n) is 9.25. The van der Waals surface area contributed by atoms with Gasteiger partial charge in [0.1, 0.15) is 0 Å². The van der Waals surface area contributed by atoms with Crippen molar-refractivity contribution in [3.8, 4) is 0 Å². The third kappa shape index (κ3) is 4.99. The van der Waals surface area contributed by atoms with Crippen molar-refractivity contribution in [1.29, 1.82) is 0 Å². The Labute approximate surface area is 210 Å². The van der Waals surface area contributed by atoms with E-state index in [2.05, 4.69) is 22.3 Å². The van der Waals surface area contributed by atoms with E-state index in [0.29, 0.717) is 12.1 Å². The Kier molecular flexibility index (Phi) is 6.78. The van der Waals surface area contributed by atoms with Crippen molar-refractivity contribution < 1.29 is 14.3 Å². The molecule has 0 saturated carbocycles. The third-order valence-electron chi connectivity index (χ3n) is 6.79. The molecule has 0 spiro atoms. The van der Waals surface area contributed by atoms with Crippen LogP contribution in [-0.2, 0) is 29.0 Å². The zero-order valence-electron chi connectivity index (χ0n) is 20.6. The molecule has 36 heavy (non-hydrogen) atoms. The van der Waals surface area contributed by atoms with Gasteiger partial charge in [-0.1, -0.05) is 60.7 Å². The average Bonchev–Trinajstić information content (AvgIpc) is 2.89. The number of nitrogens with zero attached hydrogens (tertiary/aromatic N) is 2. The number of ether oxygens (including phenoxy) is 1. The zero-order chi connectivity index (χ0) is 25.1. The average molecular weight is 480 g/mol. The predicted octanol–water partition coefficient (Wildman–Crippen LogP) is 5.21. The van der Waals surface area contributed by atoms with E-state index in [-0.39, 0.29) is 12.5 Å². The van der Waals surface area contributed by atoms with Crippen LogP contribution in [0.25, 0.3) is 10.9 Å². The Morgan fingerprint density at radius 3 is 2.58 bits per heavy atom. The van der Waals surface area contributed by atoms with Gasteiger partial charge in [-0.2, -0.15) is 0 Å². The normalized spacial score (nSPS) is 13.3.